The number of rotatable bonds is 7. The number of pyridine rings is 1. The Labute approximate surface area is 99.5 Å². The molecular weight excluding hydrogens is 196 g/mol. The van der Waals surface area contributed by atoms with Crippen molar-refractivity contribution in [1.29, 1.82) is 0 Å². The summed E-state index contributed by atoms with van der Waals surface area (Å²) in [4.78, 5) is 4.19. The second-order valence-corrected chi connectivity index (χ2v) is 4.58. The number of anilines is 1. The van der Waals surface area contributed by atoms with Gasteiger partial charge in [0.2, 0.25) is 0 Å². The lowest BCUT2D eigenvalue weighted by Crippen LogP contribution is -2.14. The zero-order valence-corrected chi connectivity index (χ0v) is 10.8. The molecule has 1 rings (SSSR count). The van der Waals surface area contributed by atoms with Crippen LogP contribution in [-0.4, -0.2) is 11.0 Å². The average Bonchev–Trinajstić information content (AvgIpc) is 2.24. The minimum absolute atomic E-state index is 0.554. The molecule has 0 radical (unpaired) electrons. The Balaban J connectivity index is 2.25. The molecule has 0 saturated heterocycles. The van der Waals surface area contributed by atoms with E-state index in [1.165, 1.54) is 37.8 Å². The number of aromatic nitrogens is 1. The van der Waals surface area contributed by atoms with Gasteiger partial charge in [-0.3, -0.25) is 4.98 Å². The third-order valence-corrected chi connectivity index (χ3v) is 2.80. The van der Waals surface area contributed by atoms with E-state index in [4.69, 9.17) is 0 Å². The van der Waals surface area contributed by atoms with E-state index in [1.807, 2.05) is 19.2 Å². The number of hydrogen-bond acceptors (Lipinski definition) is 2. The van der Waals surface area contributed by atoms with Gasteiger partial charge in [-0.1, -0.05) is 32.6 Å². The van der Waals surface area contributed by atoms with Crippen molar-refractivity contribution in [2.45, 2.75) is 58.9 Å². The van der Waals surface area contributed by atoms with Gasteiger partial charge in [-0.15, -0.1) is 0 Å². The van der Waals surface area contributed by atoms with E-state index >= 15 is 0 Å². The number of aryl methyl sites for hydroxylation is 1. The van der Waals surface area contributed by atoms with Crippen LogP contribution in [0.5, 0.6) is 0 Å². The summed E-state index contributed by atoms with van der Waals surface area (Å²) in [5.41, 5.74) is 2.26. The molecule has 1 unspecified atom stereocenters. The van der Waals surface area contributed by atoms with Gasteiger partial charge in [0, 0.05) is 23.6 Å². The van der Waals surface area contributed by atoms with Crippen LogP contribution in [-0.2, 0) is 0 Å². The molecule has 2 heteroatoms. The van der Waals surface area contributed by atoms with E-state index in [0.717, 1.165) is 5.69 Å². The molecule has 1 aromatic heterocycles. The van der Waals surface area contributed by atoms with E-state index < -0.39 is 0 Å². The summed E-state index contributed by atoms with van der Waals surface area (Å²) >= 11 is 0. The van der Waals surface area contributed by atoms with E-state index in [-0.39, 0.29) is 0 Å². The number of unbranched alkanes of at least 4 members (excludes halogenated alkanes) is 3. The Hall–Kier alpha value is -1.05. The number of hydrogen-bond donors (Lipinski definition) is 1. The minimum Gasteiger partial charge on any atom is -0.382 e. The lowest BCUT2D eigenvalue weighted by Gasteiger charge is -2.15. The fourth-order valence-corrected chi connectivity index (χ4v) is 1.87. The Morgan fingerprint density at radius 3 is 2.81 bits per heavy atom. The molecule has 1 N–H and O–H groups in total. The van der Waals surface area contributed by atoms with Crippen molar-refractivity contribution in [3.05, 3.63) is 24.0 Å². The van der Waals surface area contributed by atoms with Crippen LogP contribution in [0, 0.1) is 6.92 Å². The van der Waals surface area contributed by atoms with Gasteiger partial charge in [0.15, 0.2) is 0 Å². The largest absolute Gasteiger partial charge is 0.382 e. The fourth-order valence-electron chi connectivity index (χ4n) is 1.87. The van der Waals surface area contributed by atoms with Gasteiger partial charge in [-0.25, -0.2) is 0 Å². The van der Waals surface area contributed by atoms with Crippen molar-refractivity contribution >= 4 is 5.69 Å². The molecular formula is C14H24N2. The third kappa shape index (κ3) is 5.15. The summed E-state index contributed by atoms with van der Waals surface area (Å²) in [5.74, 6) is 0. The summed E-state index contributed by atoms with van der Waals surface area (Å²) < 4.78 is 0. The Morgan fingerprint density at radius 2 is 2.12 bits per heavy atom. The molecule has 0 fully saturated rings. The molecule has 0 saturated carbocycles. The Morgan fingerprint density at radius 1 is 1.31 bits per heavy atom. The average molecular weight is 220 g/mol. The maximum absolute atomic E-state index is 4.19. The molecule has 1 aromatic rings. The van der Waals surface area contributed by atoms with E-state index in [0.29, 0.717) is 6.04 Å². The quantitative estimate of drug-likeness (QED) is 0.698. The summed E-state index contributed by atoms with van der Waals surface area (Å²) in [5, 5.41) is 3.52. The maximum atomic E-state index is 4.19. The highest BCUT2D eigenvalue weighted by Crippen LogP contribution is 2.12. The SMILES string of the molecule is CCCCCCC(C)Nc1ccnc(C)c1. The zero-order valence-electron chi connectivity index (χ0n) is 10.8. The standard InChI is InChI=1S/C14H24N2/c1-4-5-6-7-8-12(2)16-14-9-10-15-13(3)11-14/h9-12H,4-8H2,1-3H3,(H,15,16). The van der Waals surface area contributed by atoms with Crippen molar-refractivity contribution in [1.82, 2.24) is 4.98 Å². The maximum Gasteiger partial charge on any atom is 0.0393 e. The van der Waals surface area contributed by atoms with Crippen LogP contribution in [0.25, 0.3) is 0 Å². The second-order valence-electron chi connectivity index (χ2n) is 4.58. The highest BCUT2D eigenvalue weighted by atomic mass is 14.9. The molecule has 0 aliphatic carbocycles. The van der Waals surface area contributed by atoms with Crippen molar-refractivity contribution in [3.63, 3.8) is 0 Å². The molecule has 2 nitrogen and oxygen atoms in total. The number of nitrogens with zero attached hydrogens (tertiary/aromatic N) is 1. The topological polar surface area (TPSA) is 24.9 Å². The first-order chi connectivity index (χ1) is 7.72. The number of nitrogens with one attached hydrogen (secondary N) is 1. The van der Waals surface area contributed by atoms with Crippen LogP contribution in [0.15, 0.2) is 18.3 Å². The molecule has 0 aromatic carbocycles. The van der Waals surface area contributed by atoms with Crippen LogP contribution in [0.2, 0.25) is 0 Å². The molecule has 90 valence electrons. The lowest BCUT2D eigenvalue weighted by atomic mass is 10.1. The molecule has 0 aliphatic heterocycles. The van der Waals surface area contributed by atoms with E-state index in [9.17, 15) is 0 Å². The molecule has 0 spiro atoms. The zero-order chi connectivity index (χ0) is 11.8. The summed E-state index contributed by atoms with van der Waals surface area (Å²) in [6, 6.07) is 4.69. The summed E-state index contributed by atoms with van der Waals surface area (Å²) in [6.07, 6.45) is 8.47. The van der Waals surface area contributed by atoms with Gasteiger partial charge in [-0.2, -0.15) is 0 Å². The van der Waals surface area contributed by atoms with Crippen LogP contribution in [0.1, 0.15) is 51.6 Å². The van der Waals surface area contributed by atoms with Crippen LogP contribution in [0.4, 0.5) is 5.69 Å². The minimum atomic E-state index is 0.554. The molecule has 1 heterocycles. The molecule has 0 amide bonds. The van der Waals surface area contributed by atoms with E-state index in [1.54, 1.807) is 0 Å². The second kappa shape index (κ2) is 7.26. The lowest BCUT2D eigenvalue weighted by molar-refractivity contribution is 0.594. The van der Waals surface area contributed by atoms with Crippen molar-refractivity contribution in [3.8, 4) is 0 Å². The smallest absolute Gasteiger partial charge is 0.0393 e. The van der Waals surface area contributed by atoms with Gasteiger partial charge in [0.1, 0.15) is 0 Å². The molecule has 0 aliphatic rings. The predicted octanol–water partition coefficient (Wildman–Crippen LogP) is 4.16. The van der Waals surface area contributed by atoms with Crippen molar-refractivity contribution in [2.24, 2.45) is 0 Å². The van der Waals surface area contributed by atoms with Gasteiger partial charge in [0.25, 0.3) is 0 Å². The first-order valence-corrected chi connectivity index (χ1v) is 6.41. The van der Waals surface area contributed by atoms with Crippen molar-refractivity contribution in [2.75, 3.05) is 5.32 Å². The van der Waals surface area contributed by atoms with Crippen molar-refractivity contribution < 1.29 is 0 Å². The third-order valence-electron chi connectivity index (χ3n) is 2.80. The normalized spacial score (nSPS) is 12.4. The van der Waals surface area contributed by atoms with Gasteiger partial charge >= 0.3 is 0 Å². The van der Waals surface area contributed by atoms with Crippen LogP contribution in [0.3, 0.4) is 0 Å². The highest BCUT2D eigenvalue weighted by Gasteiger charge is 2.01. The predicted molar refractivity (Wildman–Crippen MR) is 70.8 cm³/mol. The van der Waals surface area contributed by atoms with Gasteiger partial charge in [0.05, 0.1) is 0 Å². The van der Waals surface area contributed by atoms with E-state index in [2.05, 4.69) is 30.2 Å². The van der Waals surface area contributed by atoms with Gasteiger partial charge in [-0.05, 0) is 32.4 Å². The summed E-state index contributed by atoms with van der Waals surface area (Å²) in [7, 11) is 0. The molecule has 0 bridgehead atoms. The highest BCUT2D eigenvalue weighted by molar-refractivity contribution is 5.43. The Bertz CT molecular complexity index is 297. The summed E-state index contributed by atoms with van der Waals surface area (Å²) in [6.45, 7) is 6.53. The first-order valence-electron chi connectivity index (χ1n) is 6.41. The molecule has 16 heavy (non-hydrogen) atoms. The van der Waals surface area contributed by atoms with Crippen LogP contribution < -0.4 is 5.32 Å². The van der Waals surface area contributed by atoms with Gasteiger partial charge < -0.3 is 5.32 Å². The first kappa shape index (κ1) is 13.0. The Kier molecular flexibility index (Phi) is 5.91. The van der Waals surface area contributed by atoms with Crippen LogP contribution >= 0.6 is 0 Å². The fraction of sp³-hybridized carbons (Fsp3) is 0.643. The monoisotopic (exact) mass is 220 g/mol. The molecule has 1 atom stereocenters.